The van der Waals surface area contributed by atoms with Gasteiger partial charge in [-0.15, -0.1) is 0 Å². The van der Waals surface area contributed by atoms with Crippen molar-refractivity contribution < 1.29 is 24.2 Å². The van der Waals surface area contributed by atoms with Crippen LogP contribution in [0.3, 0.4) is 0 Å². The lowest BCUT2D eigenvalue weighted by Crippen LogP contribution is -2.49. The van der Waals surface area contributed by atoms with Crippen LogP contribution in [0.15, 0.2) is 24.3 Å². The number of anilines is 1. The number of hydrogen-bond donors (Lipinski definition) is 3. The molecule has 10 heteroatoms. The predicted molar refractivity (Wildman–Crippen MR) is 106 cm³/mol. The van der Waals surface area contributed by atoms with Crippen LogP contribution < -0.4 is 15.5 Å². The molecule has 28 heavy (non-hydrogen) atoms. The van der Waals surface area contributed by atoms with Gasteiger partial charge in [0.25, 0.3) is 5.91 Å². The molecule has 0 spiro atoms. The molecule has 152 valence electrons. The highest BCUT2D eigenvalue weighted by Gasteiger charge is 2.42. The summed E-state index contributed by atoms with van der Waals surface area (Å²) in [6, 6.07) is 5.98. The Kier molecular flexibility index (Phi) is 7.70. The van der Waals surface area contributed by atoms with Crippen LogP contribution in [0.2, 0.25) is 0 Å². The first-order chi connectivity index (χ1) is 13.4. The summed E-state index contributed by atoms with van der Waals surface area (Å²) in [6.45, 7) is 2.24. The van der Waals surface area contributed by atoms with Crippen LogP contribution >= 0.6 is 12.2 Å². The average molecular weight is 408 g/mol. The number of amides is 3. The van der Waals surface area contributed by atoms with Crippen molar-refractivity contribution in [3.63, 3.8) is 0 Å². The molecule has 9 nitrogen and oxygen atoms in total. The highest BCUT2D eigenvalue weighted by Crippen LogP contribution is 2.20. The SMILES string of the molecule is CCOc1cccc(NC(=O)CC2C(=O)N(C)C(=S)N2NC(=O)CCCO)c1. The molecule has 1 heterocycles. The number of hydrazine groups is 1. The molecule has 1 fully saturated rings. The van der Waals surface area contributed by atoms with Crippen LogP contribution in [0.5, 0.6) is 5.75 Å². The van der Waals surface area contributed by atoms with E-state index in [1.807, 2.05) is 6.92 Å². The van der Waals surface area contributed by atoms with Gasteiger partial charge in [-0.2, -0.15) is 0 Å². The fourth-order valence-corrected chi connectivity index (χ4v) is 2.94. The predicted octanol–water partition coefficient (Wildman–Crippen LogP) is 0.645. The standard InChI is InChI=1S/C18H24N4O5S/c1-3-27-13-7-4-6-12(10-13)19-16(25)11-14-17(26)21(2)18(28)22(14)20-15(24)8-5-9-23/h4,6-7,10,14,23H,3,5,8-9,11H2,1-2H3,(H,19,25)(H,20,24). The van der Waals surface area contributed by atoms with Crippen LogP contribution in [0.25, 0.3) is 0 Å². The fraction of sp³-hybridized carbons (Fsp3) is 0.444. The maximum absolute atomic E-state index is 12.5. The van der Waals surface area contributed by atoms with Crippen molar-refractivity contribution in [2.45, 2.75) is 32.2 Å². The molecule has 1 aromatic rings. The number of ether oxygens (including phenoxy) is 1. The van der Waals surface area contributed by atoms with Gasteiger partial charge < -0.3 is 15.2 Å². The van der Waals surface area contributed by atoms with Crippen molar-refractivity contribution in [2.24, 2.45) is 0 Å². The van der Waals surface area contributed by atoms with Crippen LogP contribution in [-0.2, 0) is 14.4 Å². The summed E-state index contributed by atoms with van der Waals surface area (Å²) in [5.74, 6) is -0.560. The van der Waals surface area contributed by atoms with Gasteiger partial charge in [0.05, 0.1) is 13.0 Å². The van der Waals surface area contributed by atoms with Gasteiger partial charge in [0.2, 0.25) is 11.8 Å². The molecule has 0 radical (unpaired) electrons. The van der Waals surface area contributed by atoms with E-state index in [0.29, 0.717) is 18.0 Å². The number of carbonyl (C=O) groups is 3. The number of carbonyl (C=O) groups excluding carboxylic acids is 3. The summed E-state index contributed by atoms with van der Waals surface area (Å²) in [7, 11) is 1.49. The van der Waals surface area contributed by atoms with Gasteiger partial charge in [-0.25, -0.2) is 5.01 Å². The molecule has 2 rings (SSSR count). The Balaban J connectivity index is 2.05. The lowest BCUT2D eigenvalue weighted by molar-refractivity contribution is -0.132. The van der Waals surface area contributed by atoms with Crippen molar-refractivity contribution in [3.8, 4) is 5.75 Å². The Bertz CT molecular complexity index is 757. The maximum Gasteiger partial charge on any atom is 0.253 e. The van der Waals surface area contributed by atoms with E-state index in [4.69, 9.17) is 22.1 Å². The molecule has 0 bridgehead atoms. The number of nitrogens with zero attached hydrogens (tertiary/aromatic N) is 2. The normalized spacial score (nSPS) is 16.3. The second-order valence-corrected chi connectivity index (χ2v) is 6.51. The largest absolute Gasteiger partial charge is 0.494 e. The van der Waals surface area contributed by atoms with Gasteiger partial charge in [0.1, 0.15) is 11.8 Å². The summed E-state index contributed by atoms with van der Waals surface area (Å²) in [6.07, 6.45) is 0.177. The van der Waals surface area contributed by atoms with E-state index in [1.165, 1.54) is 17.0 Å². The molecule has 0 aliphatic carbocycles. The maximum atomic E-state index is 12.5. The van der Waals surface area contributed by atoms with Crippen molar-refractivity contribution in [2.75, 3.05) is 25.6 Å². The second-order valence-electron chi connectivity index (χ2n) is 6.14. The smallest absolute Gasteiger partial charge is 0.253 e. The first-order valence-electron chi connectivity index (χ1n) is 8.91. The van der Waals surface area contributed by atoms with Gasteiger partial charge in [-0.3, -0.25) is 24.7 Å². The Morgan fingerprint density at radius 3 is 2.75 bits per heavy atom. The number of aliphatic hydroxyl groups is 1. The molecule has 1 atom stereocenters. The topological polar surface area (TPSA) is 111 Å². The Hall–Kier alpha value is -2.72. The zero-order valence-corrected chi connectivity index (χ0v) is 16.6. The van der Waals surface area contributed by atoms with Gasteiger partial charge in [-0.05, 0) is 37.7 Å². The molecule has 1 aliphatic rings. The lowest BCUT2D eigenvalue weighted by atomic mass is 10.2. The number of likely N-dealkylation sites (N-methyl/N-ethyl adjacent to an activating group) is 1. The minimum Gasteiger partial charge on any atom is -0.494 e. The average Bonchev–Trinajstić information content (AvgIpc) is 2.85. The van der Waals surface area contributed by atoms with Crippen LogP contribution in [0.1, 0.15) is 26.2 Å². The van der Waals surface area contributed by atoms with Crippen molar-refractivity contribution in [3.05, 3.63) is 24.3 Å². The number of nitrogens with one attached hydrogen (secondary N) is 2. The van der Waals surface area contributed by atoms with Gasteiger partial charge in [0.15, 0.2) is 5.11 Å². The van der Waals surface area contributed by atoms with E-state index >= 15 is 0 Å². The third kappa shape index (κ3) is 5.40. The van der Waals surface area contributed by atoms with E-state index < -0.39 is 17.9 Å². The number of aliphatic hydroxyl groups excluding tert-OH is 1. The molecule has 0 saturated carbocycles. The fourth-order valence-electron chi connectivity index (χ4n) is 2.68. The molecular formula is C18H24N4O5S. The van der Waals surface area contributed by atoms with Gasteiger partial charge in [-0.1, -0.05) is 6.07 Å². The molecule has 1 aromatic carbocycles. The summed E-state index contributed by atoms with van der Waals surface area (Å²) < 4.78 is 5.40. The molecule has 1 unspecified atom stereocenters. The minimum atomic E-state index is -0.939. The molecule has 3 amide bonds. The second kappa shape index (κ2) is 10.00. The van der Waals surface area contributed by atoms with E-state index in [1.54, 1.807) is 24.3 Å². The van der Waals surface area contributed by atoms with Crippen LogP contribution in [0, 0.1) is 0 Å². The molecule has 0 aromatic heterocycles. The Morgan fingerprint density at radius 1 is 1.32 bits per heavy atom. The number of rotatable bonds is 9. The third-order valence-electron chi connectivity index (χ3n) is 4.03. The Labute approximate surface area is 168 Å². The molecule has 3 N–H and O–H groups in total. The van der Waals surface area contributed by atoms with Gasteiger partial charge in [0, 0.05) is 31.8 Å². The highest BCUT2D eigenvalue weighted by atomic mass is 32.1. The first-order valence-corrected chi connectivity index (χ1v) is 9.32. The molecule has 1 aliphatic heterocycles. The summed E-state index contributed by atoms with van der Waals surface area (Å²) in [4.78, 5) is 38.1. The van der Waals surface area contributed by atoms with E-state index in [2.05, 4.69) is 10.7 Å². The highest BCUT2D eigenvalue weighted by molar-refractivity contribution is 7.80. The Morgan fingerprint density at radius 2 is 2.07 bits per heavy atom. The third-order valence-corrected chi connectivity index (χ3v) is 4.51. The van der Waals surface area contributed by atoms with Crippen molar-refractivity contribution in [1.29, 1.82) is 0 Å². The number of hydrogen-bond acceptors (Lipinski definition) is 6. The zero-order chi connectivity index (χ0) is 20.7. The van der Waals surface area contributed by atoms with Gasteiger partial charge >= 0.3 is 0 Å². The van der Waals surface area contributed by atoms with E-state index in [0.717, 1.165) is 0 Å². The zero-order valence-electron chi connectivity index (χ0n) is 15.8. The van der Waals surface area contributed by atoms with Crippen molar-refractivity contribution in [1.82, 2.24) is 15.3 Å². The molecule has 1 saturated heterocycles. The number of benzene rings is 1. The first kappa shape index (κ1) is 21.6. The summed E-state index contributed by atoms with van der Waals surface area (Å²) in [5, 5.41) is 12.9. The monoisotopic (exact) mass is 408 g/mol. The van der Waals surface area contributed by atoms with Crippen molar-refractivity contribution >= 4 is 40.7 Å². The summed E-state index contributed by atoms with van der Waals surface area (Å²) in [5.41, 5.74) is 3.09. The summed E-state index contributed by atoms with van der Waals surface area (Å²) >= 11 is 5.20. The number of thiocarbonyl (C=S) groups is 1. The quantitative estimate of drug-likeness (QED) is 0.514. The lowest BCUT2D eigenvalue weighted by Gasteiger charge is -2.24. The van der Waals surface area contributed by atoms with E-state index in [9.17, 15) is 14.4 Å². The minimum absolute atomic E-state index is 0.0800. The van der Waals surface area contributed by atoms with Crippen LogP contribution in [0.4, 0.5) is 5.69 Å². The van der Waals surface area contributed by atoms with Crippen LogP contribution in [-0.4, -0.2) is 64.2 Å². The van der Waals surface area contributed by atoms with E-state index in [-0.39, 0.29) is 36.9 Å². The molecular weight excluding hydrogens is 384 g/mol.